The van der Waals surface area contributed by atoms with Crippen LogP contribution in [0.15, 0.2) is 11.6 Å². The topological polar surface area (TPSA) is 321 Å². The number of hydrogen-bond donors (Lipinski definition) is 11. The summed E-state index contributed by atoms with van der Waals surface area (Å²) in [5, 5.41) is 119. The van der Waals surface area contributed by atoms with Crippen LogP contribution < -0.4 is 0 Å². The lowest BCUT2D eigenvalue weighted by Crippen LogP contribution is -2.70. The molecule has 0 radical (unpaired) electrons. The number of carbonyl (C=O) groups is 2. The molecule has 25 atom stereocenters. The predicted molar refractivity (Wildman–Crippen MR) is 246 cm³/mol. The maximum absolute atomic E-state index is 13.2. The second-order valence-electron chi connectivity index (χ2n) is 24.7. The van der Waals surface area contributed by atoms with Crippen molar-refractivity contribution in [3.63, 3.8) is 0 Å². The van der Waals surface area contributed by atoms with Crippen molar-refractivity contribution < 1.29 is 98.9 Å². The number of hydrogen-bond acceptors (Lipinski definition) is 19. The maximum atomic E-state index is 13.2. The number of aliphatic hydroxyl groups excluding tert-OH is 10. The van der Waals surface area contributed by atoms with Crippen LogP contribution in [0.5, 0.6) is 0 Å². The van der Waals surface area contributed by atoms with Gasteiger partial charge in [0.1, 0.15) is 67.1 Å². The third-order valence-corrected chi connectivity index (χ3v) is 19.9. The van der Waals surface area contributed by atoms with E-state index in [0.717, 1.165) is 19.3 Å². The van der Waals surface area contributed by atoms with Crippen LogP contribution in [0.1, 0.15) is 120 Å². The molecule has 0 unspecified atom stereocenters. The molecule has 8 rings (SSSR count). The first-order valence-corrected chi connectivity index (χ1v) is 25.7. The third-order valence-electron chi connectivity index (χ3n) is 19.9. The molecule has 0 aromatic rings. The number of esters is 1. The molecule has 0 bridgehead atoms. The molecule has 4 saturated carbocycles. The van der Waals surface area contributed by atoms with Gasteiger partial charge in [0.15, 0.2) is 18.9 Å². The second kappa shape index (κ2) is 19.6. The molecule has 3 heterocycles. The Morgan fingerprint density at radius 1 is 0.690 bits per heavy atom. The van der Waals surface area contributed by atoms with E-state index in [-0.39, 0.29) is 40.6 Å². The fourth-order valence-corrected chi connectivity index (χ4v) is 15.8. The van der Waals surface area contributed by atoms with Crippen molar-refractivity contribution in [1.29, 1.82) is 0 Å². The van der Waals surface area contributed by atoms with Crippen LogP contribution in [0.4, 0.5) is 0 Å². The molecular weight excluding hydrogens is 933 g/mol. The molecule has 7 fully saturated rings. The Hall–Kier alpha value is -1.96. The van der Waals surface area contributed by atoms with E-state index < -0.39 is 152 Å². The van der Waals surface area contributed by atoms with E-state index in [0.29, 0.717) is 32.1 Å². The molecule has 5 aliphatic carbocycles. The van der Waals surface area contributed by atoms with Gasteiger partial charge in [0.2, 0.25) is 0 Å². The molecule has 20 heteroatoms. The van der Waals surface area contributed by atoms with Crippen molar-refractivity contribution in [2.24, 2.45) is 50.2 Å². The van der Waals surface area contributed by atoms with E-state index in [1.807, 2.05) is 0 Å². The van der Waals surface area contributed by atoms with E-state index in [1.165, 1.54) is 12.5 Å². The Bertz CT molecular complexity index is 1980. The number of allylic oxidation sites excluding steroid dienone is 2. The van der Waals surface area contributed by atoms with Crippen LogP contribution >= 0.6 is 0 Å². The first-order valence-electron chi connectivity index (χ1n) is 25.7. The molecule has 3 aliphatic heterocycles. The summed E-state index contributed by atoms with van der Waals surface area (Å²) in [4.78, 5) is 25.2. The summed E-state index contributed by atoms with van der Waals surface area (Å²) in [6, 6.07) is 0. The van der Waals surface area contributed by atoms with Gasteiger partial charge in [-0.1, -0.05) is 60.1 Å². The van der Waals surface area contributed by atoms with Crippen LogP contribution in [-0.4, -0.2) is 192 Å². The molecule has 3 saturated heterocycles. The summed E-state index contributed by atoms with van der Waals surface area (Å²) in [5.41, 5.74) is -2.01. The van der Waals surface area contributed by atoms with Gasteiger partial charge in [-0.25, -0.2) is 0 Å². The van der Waals surface area contributed by atoms with Crippen LogP contribution in [0.25, 0.3) is 0 Å². The third kappa shape index (κ3) is 9.05. The summed E-state index contributed by atoms with van der Waals surface area (Å²) >= 11 is 0. The number of carboxylic acid groups (broad SMARTS) is 1. The molecular formula is C51H82O20. The van der Waals surface area contributed by atoms with E-state index in [9.17, 15) is 65.8 Å². The van der Waals surface area contributed by atoms with Crippen LogP contribution in [0, 0.1) is 50.2 Å². The number of carbonyl (C=O) groups excluding carboxylic acids is 1. The molecule has 20 nitrogen and oxygen atoms in total. The summed E-state index contributed by atoms with van der Waals surface area (Å²) in [6.45, 7) is 17.5. The van der Waals surface area contributed by atoms with E-state index in [4.69, 9.17) is 33.2 Å². The van der Waals surface area contributed by atoms with Gasteiger partial charge in [0, 0.05) is 6.92 Å². The Kier molecular flexibility index (Phi) is 15.2. The first kappa shape index (κ1) is 55.3. The largest absolute Gasteiger partial charge is 0.481 e. The Labute approximate surface area is 415 Å². The number of rotatable bonds is 11. The minimum absolute atomic E-state index is 0.0571. The Morgan fingerprint density at radius 2 is 1.32 bits per heavy atom. The molecule has 71 heavy (non-hydrogen) atoms. The zero-order valence-corrected chi connectivity index (χ0v) is 42.6. The van der Waals surface area contributed by atoms with Gasteiger partial charge in [-0.2, -0.15) is 0 Å². The fraction of sp³-hybridized carbons (Fsp3) is 0.922. The summed E-state index contributed by atoms with van der Waals surface area (Å²) < 4.78 is 42.8. The van der Waals surface area contributed by atoms with Crippen LogP contribution in [0.3, 0.4) is 0 Å². The average molecular weight is 1020 g/mol. The molecule has 0 aromatic heterocycles. The highest BCUT2D eigenvalue weighted by Crippen LogP contribution is 2.76. The Morgan fingerprint density at radius 3 is 1.97 bits per heavy atom. The lowest BCUT2D eigenvalue weighted by atomic mass is 9.33. The van der Waals surface area contributed by atoms with Crippen molar-refractivity contribution in [2.45, 2.75) is 231 Å². The summed E-state index contributed by atoms with van der Waals surface area (Å²) in [6.07, 6.45) is -18.9. The smallest absolute Gasteiger partial charge is 0.306 e. The zero-order valence-electron chi connectivity index (χ0n) is 42.6. The van der Waals surface area contributed by atoms with E-state index in [1.54, 1.807) is 6.92 Å². The van der Waals surface area contributed by atoms with Crippen molar-refractivity contribution in [2.75, 3.05) is 13.2 Å². The normalized spacial score (nSPS) is 52.4. The fourth-order valence-electron chi connectivity index (χ4n) is 15.8. The van der Waals surface area contributed by atoms with Gasteiger partial charge in [0.05, 0.1) is 49.5 Å². The van der Waals surface area contributed by atoms with Crippen LogP contribution in [0.2, 0.25) is 0 Å². The van der Waals surface area contributed by atoms with Crippen LogP contribution in [-0.2, 0) is 42.7 Å². The number of fused-ring (bicyclic) bond motifs is 7. The summed E-state index contributed by atoms with van der Waals surface area (Å²) in [5.74, 6) is -1.95. The molecule has 11 N–H and O–H groups in total. The predicted octanol–water partition coefficient (Wildman–Crippen LogP) is 0.636. The lowest BCUT2D eigenvalue weighted by molar-refractivity contribution is -0.368. The zero-order chi connectivity index (χ0) is 52.3. The number of ether oxygens (including phenoxy) is 7. The van der Waals surface area contributed by atoms with Gasteiger partial charge in [-0.3, -0.25) is 9.59 Å². The van der Waals surface area contributed by atoms with E-state index in [2.05, 4.69) is 54.5 Å². The van der Waals surface area contributed by atoms with Crippen molar-refractivity contribution in [1.82, 2.24) is 0 Å². The number of aliphatic carboxylic acids is 1. The SMILES string of the molecule is CC(=O)O[C@H]1C[C@]2(C)C(=CC[C@@H]3[C@@]4(C)CC[C@H](O[C@@H]5O[C@H](CC(=O)O)[C@@H](O)[C@H](O[C@@H]6O[C@H](CO)[C@@H](O)[C@H](O)[C@H]6O)[C@H]5O)C(C)(C)[C@@H]4CC[C@]32C)[C@@H]2CC(C)(C)C[C@H](O)[C@]12CO[C@@H]1O[C@@H](C)[C@H](O)[C@@H](O)[C@H]1O. The molecule has 0 spiro atoms. The van der Waals surface area contributed by atoms with Gasteiger partial charge < -0.3 is 89.3 Å². The number of aliphatic hydroxyl groups is 10. The first-order chi connectivity index (χ1) is 33.0. The highest BCUT2D eigenvalue weighted by atomic mass is 16.7. The minimum atomic E-state index is -1.86. The maximum Gasteiger partial charge on any atom is 0.306 e. The van der Waals surface area contributed by atoms with Gasteiger partial charge in [-0.05, 0) is 103 Å². The molecule has 0 aromatic carbocycles. The Balaban J connectivity index is 1.07. The van der Waals surface area contributed by atoms with Crippen molar-refractivity contribution in [3.05, 3.63) is 11.6 Å². The van der Waals surface area contributed by atoms with Gasteiger partial charge >= 0.3 is 11.9 Å². The lowest BCUT2D eigenvalue weighted by Gasteiger charge is -2.72. The standard InChI is InChI=1S/C51H82O20/c1-22-34(57)37(60)39(62)43(66-22)65-21-51-25(17-46(3,4)18-30(51)54)24-10-11-29-48(7)14-13-31(47(5,6)28(48)12-15-49(29,8)50(24,9)19-32(51)67-23(2)53)70-45-41(64)42(36(59)26(68-45)16-33(55)56)71-44-40(63)38(61)35(58)27(20-52)69-44/h10,22,25-32,34-45,52,54,57-64H,11-21H2,1-9H3,(H,55,56)/t22-,25-,26+,27+,28-,29+,30-,31-,32-,34-,35+,36+,37+,38-,39+,40+,41+,42-,43+,44-,45-,48-,49+,50+,51+/m0/s1. The van der Waals surface area contributed by atoms with Gasteiger partial charge in [-0.15, -0.1) is 0 Å². The van der Waals surface area contributed by atoms with E-state index >= 15 is 0 Å². The van der Waals surface area contributed by atoms with Gasteiger partial charge in [0.25, 0.3) is 0 Å². The average Bonchev–Trinajstić information content (AvgIpc) is 3.27. The molecule has 8 aliphatic rings. The molecule has 406 valence electrons. The quantitative estimate of drug-likeness (QED) is 0.0768. The van der Waals surface area contributed by atoms with Crippen molar-refractivity contribution in [3.8, 4) is 0 Å². The number of carboxylic acids is 1. The second-order valence-corrected chi connectivity index (χ2v) is 24.7. The highest BCUT2D eigenvalue weighted by molar-refractivity contribution is 5.67. The monoisotopic (exact) mass is 1010 g/mol. The summed E-state index contributed by atoms with van der Waals surface area (Å²) in [7, 11) is 0. The van der Waals surface area contributed by atoms with Crippen molar-refractivity contribution >= 4 is 11.9 Å². The molecule has 0 amide bonds. The highest BCUT2D eigenvalue weighted by Gasteiger charge is 2.72. The minimum Gasteiger partial charge on any atom is -0.481 e.